The zero-order valence-corrected chi connectivity index (χ0v) is 18.5. The minimum Gasteiger partial charge on any atom is -0.451 e. The summed E-state index contributed by atoms with van der Waals surface area (Å²) in [5.41, 5.74) is 3.42. The molecule has 0 atom stereocenters. The molecule has 0 spiro atoms. The second-order valence-corrected chi connectivity index (χ2v) is 8.00. The smallest absolute Gasteiger partial charge is 0.349 e. The molecule has 152 valence electrons. The van der Waals surface area contributed by atoms with Crippen molar-refractivity contribution in [2.45, 2.75) is 27.7 Å². The van der Waals surface area contributed by atoms with Crippen LogP contribution in [0.2, 0.25) is 0 Å². The van der Waals surface area contributed by atoms with Gasteiger partial charge in [-0.05, 0) is 61.7 Å². The number of nitrogens with one attached hydrogen (secondary N) is 1. The average molecular weight is 458 g/mol. The lowest BCUT2D eigenvalue weighted by Crippen LogP contribution is -2.31. The summed E-state index contributed by atoms with van der Waals surface area (Å²) in [4.78, 5) is 23.9. The zero-order valence-electron chi connectivity index (χ0n) is 17.0. The number of hydrogen-bond acceptors (Lipinski definition) is 4. The van der Waals surface area contributed by atoms with Gasteiger partial charge in [-0.15, -0.1) is 0 Å². The molecule has 2 rings (SSSR count). The quantitative estimate of drug-likeness (QED) is 0.385. The second kappa shape index (κ2) is 10.1. The number of hydrogen-bond donors (Lipinski definition) is 1. The molecule has 0 aliphatic carbocycles. The molecule has 0 saturated carbocycles. The number of ether oxygens (including phenoxy) is 1. The predicted molar refractivity (Wildman–Crippen MR) is 115 cm³/mol. The topological polar surface area (TPSA) is 84.1 Å². The Morgan fingerprint density at radius 1 is 1.28 bits per heavy atom. The van der Waals surface area contributed by atoms with Crippen LogP contribution in [0, 0.1) is 31.1 Å². The summed E-state index contributed by atoms with van der Waals surface area (Å²) in [7, 11) is 0. The van der Waals surface area contributed by atoms with Gasteiger partial charge in [-0.2, -0.15) is 5.26 Å². The Bertz CT molecular complexity index is 966. The summed E-state index contributed by atoms with van der Waals surface area (Å²) in [6.45, 7) is 7.89. The van der Waals surface area contributed by atoms with Gasteiger partial charge < -0.3 is 14.6 Å². The average Bonchev–Trinajstić information content (AvgIpc) is 2.96. The predicted octanol–water partition coefficient (Wildman–Crippen LogP) is 4.08. The van der Waals surface area contributed by atoms with E-state index in [2.05, 4.69) is 21.2 Å². The molecule has 1 N–H and O–H groups in total. The highest BCUT2D eigenvalue weighted by atomic mass is 79.9. The van der Waals surface area contributed by atoms with Gasteiger partial charge >= 0.3 is 5.97 Å². The number of carbonyl (C=O) groups excluding carboxylic acids is 2. The third kappa shape index (κ3) is 6.06. The van der Waals surface area contributed by atoms with Gasteiger partial charge in [0.05, 0.1) is 0 Å². The van der Waals surface area contributed by atoms with E-state index < -0.39 is 18.5 Å². The summed E-state index contributed by atoms with van der Waals surface area (Å²) in [6.07, 6.45) is 1.49. The Morgan fingerprint density at radius 3 is 2.52 bits per heavy atom. The highest BCUT2D eigenvalue weighted by molar-refractivity contribution is 9.10. The van der Waals surface area contributed by atoms with E-state index in [1.54, 1.807) is 0 Å². The van der Waals surface area contributed by atoms with Crippen LogP contribution >= 0.6 is 15.9 Å². The maximum absolute atomic E-state index is 12.2. The maximum atomic E-state index is 12.2. The second-order valence-electron chi connectivity index (χ2n) is 7.08. The van der Waals surface area contributed by atoms with Crippen molar-refractivity contribution < 1.29 is 14.3 Å². The molecule has 2 aromatic rings. The van der Waals surface area contributed by atoms with Crippen LogP contribution in [-0.4, -0.2) is 29.6 Å². The van der Waals surface area contributed by atoms with Crippen molar-refractivity contribution in [3.8, 4) is 11.8 Å². The van der Waals surface area contributed by atoms with Crippen LogP contribution in [0.3, 0.4) is 0 Å². The Kier molecular flexibility index (Phi) is 7.80. The molecule has 0 aliphatic rings. The number of amides is 1. The third-order valence-corrected chi connectivity index (χ3v) is 4.77. The van der Waals surface area contributed by atoms with Crippen LogP contribution < -0.4 is 5.32 Å². The number of nitriles is 1. The minimum absolute atomic E-state index is 0.155. The van der Waals surface area contributed by atoms with Gasteiger partial charge in [-0.25, -0.2) is 4.79 Å². The number of esters is 1. The number of aryl methyl sites for hydroxylation is 1. The summed E-state index contributed by atoms with van der Waals surface area (Å²) in [5.74, 6) is -0.913. The summed E-state index contributed by atoms with van der Waals surface area (Å²) in [5, 5.41) is 12.0. The van der Waals surface area contributed by atoms with Gasteiger partial charge in [0.2, 0.25) is 0 Å². The van der Waals surface area contributed by atoms with E-state index in [4.69, 9.17) is 4.74 Å². The van der Waals surface area contributed by atoms with Crippen molar-refractivity contribution in [1.82, 2.24) is 9.88 Å². The van der Waals surface area contributed by atoms with Crippen LogP contribution in [-0.2, 0) is 14.3 Å². The molecule has 0 aliphatic heterocycles. The Labute approximate surface area is 179 Å². The van der Waals surface area contributed by atoms with E-state index >= 15 is 0 Å². The SMILES string of the molecule is Cc1cc(/C=C(\C#N)C(=O)OCC(=O)NCC(C)C)c(C)n1-c1ccc(Br)cc1. The van der Waals surface area contributed by atoms with Crippen LogP contribution in [0.25, 0.3) is 11.8 Å². The molecule has 1 heterocycles. The molecule has 0 unspecified atom stereocenters. The molecule has 0 saturated heterocycles. The lowest BCUT2D eigenvalue weighted by Gasteiger charge is -2.10. The lowest BCUT2D eigenvalue weighted by atomic mass is 10.1. The number of nitrogens with zero attached hydrogens (tertiary/aromatic N) is 2. The Balaban J connectivity index is 2.17. The first-order valence-corrected chi connectivity index (χ1v) is 10.0. The largest absolute Gasteiger partial charge is 0.451 e. The highest BCUT2D eigenvalue weighted by Gasteiger charge is 2.16. The van der Waals surface area contributed by atoms with E-state index in [1.165, 1.54) is 6.08 Å². The van der Waals surface area contributed by atoms with E-state index in [9.17, 15) is 14.9 Å². The van der Waals surface area contributed by atoms with Crippen molar-refractivity contribution in [3.05, 3.63) is 57.3 Å². The number of rotatable bonds is 7. The summed E-state index contributed by atoms with van der Waals surface area (Å²) < 4.78 is 8.00. The first kappa shape index (κ1) is 22.4. The van der Waals surface area contributed by atoms with Gasteiger partial charge in [0.1, 0.15) is 11.6 Å². The van der Waals surface area contributed by atoms with E-state index in [-0.39, 0.29) is 5.57 Å². The van der Waals surface area contributed by atoms with Crippen molar-refractivity contribution in [1.29, 1.82) is 5.26 Å². The lowest BCUT2D eigenvalue weighted by molar-refractivity contribution is -0.144. The van der Waals surface area contributed by atoms with Gasteiger partial charge in [-0.3, -0.25) is 4.79 Å². The van der Waals surface area contributed by atoms with Crippen LogP contribution in [0.4, 0.5) is 0 Å². The molecule has 1 amide bonds. The molecule has 1 aromatic heterocycles. The molecule has 0 bridgehead atoms. The van der Waals surface area contributed by atoms with Crippen LogP contribution in [0.1, 0.15) is 30.8 Å². The summed E-state index contributed by atoms with van der Waals surface area (Å²) >= 11 is 3.43. The number of benzene rings is 1. The van der Waals surface area contributed by atoms with Gasteiger partial charge in [0, 0.05) is 28.1 Å². The standard InChI is InChI=1S/C22H24BrN3O3/c1-14(2)12-25-21(27)13-29-22(28)18(11-24)10-17-9-15(3)26(16(17)4)20-7-5-19(23)6-8-20/h5-10,14H,12-13H2,1-4H3,(H,25,27)/b18-10+. The van der Waals surface area contributed by atoms with E-state index in [0.717, 1.165) is 27.1 Å². The summed E-state index contributed by atoms with van der Waals surface area (Å²) in [6, 6.07) is 11.6. The first-order chi connectivity index (χ1) is 13.7. The molecule has 1 aromatic carbocycles. The van der Waals surface area contributed by atoms with Gasteiger partial charge in [0.15, 0.2) is 6.61 Å². The zero-order chi connectivity index (χ0) is 21.6. The minimum atomic E-state index is -0.819. The van der Waals surface area contributed by atoms with Gasteiger partial charge in [0.25, 0.3) is 5.91 Å². The van der Waals surface area contributed by atoms with Crippen molar-refractivity contribution >= 4 is 33.9 Å². The molecule has 6 nitrogen and oxygen atoms in total. The Morgan fingerprint density at radius 2 is 1.93 bits per heavy atom. The molecular weight excluding hydrogens is 434 g/mol. The normalized spacial score (nSPS) is 11.3. The molecule has 0 radical (unpaired) electrons. The number of halogens is 1. The molecule has 29 heavy (non-hydrogen) atoms. The number of aromatic nitrogens is 1. The maximum Gasteiger partial charge on any atom is 0.349 e. The first-order valence-electron chi connectivity index (χ1n) is 9.23. The fraction of sp³-hybridized carbons (Fsp3) is 0.318. The highest BCUT2D eigenvalue weighted by Crippen LogP contribution is 2.24. The fourth-order valence-electron chi connectivity index (χ4n) is 2.79. The van der Waals surface area contributed by atoms with Crippen molar-refractivity contribution in [2.75, 3.05) is 13.2 Å². The van der Waals surface area contributed by atoms with Crippen molar-refractivity contribution in [2.24, 2.45) is 5.92 Å². The fourth-order valence-corrected chi connectivity index (χ4v) is 3.06. The van der Waals surface area contributed by atoms with Crippen molar-refractivity contribution in [3.63, 3.8) is 0 Å². The third-order valence-electron chi connectivity index (χ3n) is 4.24. The molecular formula is C22H24BrN3O3. The molecule has 0 fully saturated rings. The monoisotopic (exact) mass is 457 g/mol. The Hall–Kier alpha value is -2.85. The van der Waals surface area contributed by atoms with E-state index in [0.29, 0.717) is 12.5 Å². The molecule has 7 heteroatoms. The van der Waals surface area contributed by atoms with E-state index in [1.807, 2.05) is 68.7 Å². The van der Waals surface area contributed by atoms with Crippen LogP contribution in [0.15, 0.2) is 40.4 Å². The van der Waals surface area contributed by atoms with Gasteiger partial charge in [-0.1, -0.05) is 29.8 Å². The van der Waals surface area contributed by atoms with Crippen LogP contribution in [0.5, 0.6) is 0 Å². The number of carbonyl (C=O) groups is 2.